The Kier molecular flexibility index (Phi) is 6.39. The van der Waals surface area contributed by atoms with Crippen LogP contribution in [-0.4, -0.2) is 30.0 Å². The van der Waals surface area contributed by atoms with E-state index in [0.29, 0.717) is 25.9 Å². The van der Waals surface area contributed by atoms with Crippen molar-refractivity contribution in [2.75, 3.05) is 13.1 Å². The Balaban J connectivity index is 1.44. The number of carbonyl (C=O) groups is 2. The Morgan fingerprint density at radius 3 is 2.50 bits per heavy atom. The third kappa shape index (κ3) is 4.94. The maximum absolute atomic E-state index is 12.6. The molecular weight excluding hydrogens is 356 g/mol. The topological polar surface area (TPSA) is 71.8 Å². The van der Waals surface area contributed by atoms with Gasteiger partial charge in [-0.05, 0) is 45.2 Å². The van der Waals surface area contributed by atoms with E-state index in [0.717, 1.165) is 22.6 Å². The monoisotopic (exact) mass is 384 g/mol. The molecule has 2 aromatic rings. The molecule has 0 bridgehead atoms. The normalized spacial score (nSPS) is 15.9. The van der Waals surface area contributed by atoms with Crippen LogP contribution in [0.1, 0.15) is 48.5 Å². The van der Waals surface area contributed by atoms with E-state index >= 15 is 0 Å². The molecule has 1 fully saturated rings. The Morgan fingerprint density at radius 2 is 1.89 bits per heavy atom. The zero-order chi connectivity index (χ0) is 20.1. The van der Waals surface area contributed by atoms with Crippen molar-refractivity contribution in [3.63, 3.8) is 0 Å². The highest BCUT2D eigenvalue weighted by atomic mass is 16.6. The smallest absolute Gasteiger partial charge is 0.410 e. The third-order valence-corrected chi connectivity index (χ3v) is 5.23. The number of piperidine rings is 1. The van der Waals surface area contributed by atoms with Crippen LogP contribution in [0.25, 0.3) is 0 Å². The molecule has 6 heteroatoms. The zero-order valence-corrected chi connectivity index (χ0v) is 16.7. The molecule has 150 valence electrons. The summed E-state index contributed by atoms with van der Waals surface area (Å²) in [6.45, 7) is 7.10. The van der Waals surface area contributed by atoms with Crippen molar-refractivity contribution in [3.05, 3.63) is 59.0 Å². The first kappa shape index (κ1) is 20.0. The highest BCUT2D eigenvalue weighted by molar-refractivity contribution is 5.79. The van der Waals surface area contributed by atoms with Gasteiger partial charge in [0.15, 0.2) is 0 Å². The van der Waals surface area contributed by atoms with Crippen LogP contribution < -0.4 is 5.32 Å². The summed E-state index contributed by atoms with van der Waals surface area (Å²) in [5.74, 6) is 1.62. The SMILES string of the molecule is Cc1cc(C(C)NC(=O)C2CCN(C(=O)OCc3ccccc3)CC2)c(C)o1. The molecule has 1 aliphatic rings. The summed E-state index contributed by atoms with van der Waals surface area (Å²) in [6, 6.07) is 11.5. The Hall–Kier alpha value is -2.76. The van der Waals surface area contributed by atoms with Crippen LogP contribution >= 0.6 is 0 Å². The fraction of sp³-hybridized carbons (Fsp3) is 0.455. The van der Waals surface area contributed by atoms with Crippen LogP contribution in [0.15, 0.2) is 40.8 Å². The standard InChI is InChI=1S/C22H28N2O4/c1-15-13-20(17(3)28-15)16(2)23-21(25)19-9-11-24(12-10-19)22(26)27-14-18-7-5-4-6-8-18/h4-8,13,16,19H,9-12,14H2,1-3H3,(H,23,25). The van der Waals surface area contributed by atoms with Gasteiger partial charge in [0.1, 0.15) is 18.1 Å². The lowest BCUT2D eigenvalue weighted by atomic mass is 9.95. The van der Waals surface area contributed by atoms with E-state index in [1.165, 1.54) is 0 Å². The van der Waals surface area contributed by atoms with Gasteiger partial charge < -0.3 is 19.4 Å². The molecule has 0 aliphatic carbocycles. The molecule has 1 aromatic carbocycles. The minimum absolute atomic E-state index is 0.0306. The number of carbonyl (C=O) groups excluding carboxylic acids is 2. The lowest BCUT2D eigenvalue weighted by Gasteiger charge is -2.31. The van der Waals surface area contributed by atoms with E-state index in [-0.39, 0.29) is 30.6 Å². The summed E-state index contributed by atoms with van der Waals surface area (Å²) in [5, 5.41) is 3.08. The summed E-state index contributed by atoms with van der Waals surface area (Å²) in [5.41, 5.74) is 1.97. The number of hydrogen-bond acceptors (Lipinski definition) is 4. The van der Waals surface area contributed by atoms with Gasteiger partial charge in [-0.2, -0.15) is 0 Å². The lowest BCUT2D eigenvalue weighted by molar-refractivity contribution is -0.127. The van der Waals surface area contributed by atoms with Gasteiger partial charge in [0, 0.05) is 24.6 Å². The van der Waals surface area contributed by atoms with Gasteiger partial charge in [0.2, 0.25) is 5.91 Å². The number of likely N-dealkylation sites (tertiary alicyclic amines) is 1. The van der Waals surface area contributed by atoms with Gasteiger partial charge in [0.25, 0.3) is 0 Å². The van der Waals surface area contributed by atoms with Gasteiger partial charge in [-0.25, -0.2) is 4.79 Å². The second-order valence-electron chi connectivity index (χ2n) is 7.40. The first-order valence-electron chi connectivity index (χ1n) is 9.77. The van der Waals surface area contributed by atoms with Crippen LogP contribution in [0.3, 0.4) is 0 Å². The van der Waals surface area contributed by atoms with Crippen LogP contribution in [-0.2, 0) is 16.1 Å². The van der Waals surface area contributed by atoms with E-state index in [1.54, 1.807) is 4.90 Å². The molecule has 1 saturated heterocycles. The van der Waals surface area contributed by atoms with E-state index in [1.807, 2.05) is 57.2 Å². The van der Waals surface area contributed by atoms with Crippen molar-refractivity contribution in [2.24, 2.45) is 5.92 Å². The van der Waals surface area contributed by atoms with E-state index in [9.17, 15) is 9.59 Å². The van der Waals surface area contributed by atoms with Crippen molar-refractivity contribution in [3.8, 4) is 0 Å². The van der Waals surface area contributed by atoms with Crippen molar-refractivity contribution in [1.82, 2.24) is 10.2 Å². The van der Waals surface area contributed by atoms with Crippen LogP contribution in [0.5, 0.6) is 0 Å². The van der Waals surface area contributed by atoms with E-state index in [2.05, 4.69) is 5.32 Å². The van der Waals surface area contributed by atoms with Crippen molar-refractivity contribution in [1.29, 1.82) is 0 Å². The maximum Gasteiger partial charge on any atom is 0.410 e. The molecule has 3 rings (SSSR count). The second-order valence-corrected chi connectivity index (χ2v) is 7.40. The molecular formula is C22H28N2O4. The Morgan fingerprint density at radius 1 is 1.21 bits per heavy atom. The fourth-order valence-electron chi connectivity index (χ4n) is 3.62. The molecule has 0 saturated carbocycles. The first-order valence-corrected chi connectivity index (χ1v) is 9.77. The molecule has 1 aliphatic heterocycles. The number of amides is 2. The summed E-state index contributed by atoms with van der Waals surface area (Å²) in [6.07, 6.45) is 0.964. The van der Waals surface area contributed by atoms with Gasteiger partial charge in [-0.3, -0.25) is 4.79 Å². The quantitative estimate of drug-likeness (QED) is 0.842. The van der Waals surface area contributed by atoms with Crippen molar-refractivity contribution in [2.45, 2.75) is 46.3 Å². The third-order valence-electron chi connectivity index (χ3n) is 5.23. The van der Waals surface area contributed by atoms with Crippen molar-refractivity contribution >= 4 is 12.0 Å². The van der Waals surface area contributed by atoms with Crippen LogP contribution in [0.2, 0.25) is 0 Å². The zero-order valence-electron chi connectivity index (χ0n) is 16.7. The molecule has 0 radical (unpaired) electrons. The van der Waals surface area contributed by atoms with Crippen LogP contribution in [0.4, 0.5) is 4.79 Å². The highest BCUT2D eigenvalue weighted by Gasteiger charge is 2.29. The fourth-order valence-corrected chi connectivity index (χ4v) is 3.62. The van der Waals surface area contributed by atoms with E-state index < -0.39 is 0 Å². The number of ether oxygens (including phenoxy) is 1. The number of benzene rings is 1. The first-order chi connectivity index (χ1) is 13.4. The van der Waals surface area contributed by atoms with Gasteiger partial charge in [-0.1, -0.05) is 30.3 Å². The molecule has 2 heterocycles. The minimum atomic E-state index is -0.319. The summed E-state index contributed by atoms with van der Waals surface area (Å²) >= 11 is 0. The Bertz CT molecular complexity index is 807. The lowest BCUT2D eigenvalue weighted by Crippen LogP contribution is -2.43. The molecule has 1 atom stereocenters. The maximum atomic E-state index is 12.6. The van der Waals surface area contributed by atoms with Gasteiger partial charge >= 0.3 is 6.09 Å². The predicted molar refractivity (Wildman–Crippen MR) is 106 cm³/mol. The van der Waals surface area contributed by atoms with Gasteiger partial charge in [0.05, 0.1) is 6.04 Å². The van der Waals surface area contributed by atoms with Crippen molar-refractivity contribution < 1.29 is 18.7 Å². The van der Waals surface area contributed by atoms with Crippen LogP contribution in [0, 0.1) is 19.8 Å². The number of rotatable bonds is 5. The summed E-state index contributed by atoms with van der Waals surface area (Å²) in [7, 11) is 0. The average molecular weight is 384 g/mol. The molecule has 1 N–H and O–H groups in total. The largest absolute Gasteiger partial charge is 0.466 e. The molecule has 2 amide bonds. The number of nitrogens with zero attached hydrogens (tertiary/aromatic N) is 1. The average Bonchev–Trinajstić information content (AvgIpc) is 3.05. The Labute approximate surface area is 165 Å². The molecule has 1 aromatic heterocycles. The number of furan rings is 1. The molecule has 6 nitrogen and oxygen atoms in total. The highest BCUT2D eigenvalue weighted by Crippen LogP contribution is 2.23. The molecule has 0 spiro atoms. The number of aryl methyl sites for hydroxylation is 2. The number of hydrogen-bond donors (Lipinski definition) is 1. The summed E-state index contributed by atoms with van der Waals surface area (Å²) in [4.78, 5) is 26.5. The molecule has 28 heavy (non-hydrogen) atoms. The summed E-state index contributed by atoms with van der Waals surface area (Å²) < 4.78 is 10.9. The minimum Gasteiger partial charge on any atom is -0.466 e. The second kappa shape index (κ2) is 8.95. The number of nitrogens with one attached hydrogen (secondary N) is 1. The molecule has 1 unspecified atom stereocenters. The van der Waals surface area contributed by atoms with E-state index in [4.69, 9.17) is 9.15 Å². The predicted octanol–water partition coefficient (Wildman–Crippen LogP) is 4.12. The van der Waals surface area contributed by atoms with Gasteiger partial charge in [-0.15, -0.1) is 0 Å².